The van der Waals surface area contributed by atoms with Gasteiger partial charge in [0.1, 0.15) is 11.5 Å². The van der Waals surface area contributed by atoms with Gasteiger partial charge in [-0.3, -0.25) is 9.69 Å². The third-order valence-electron chi connectivity index (χ3n) is 8.26. The number of aliphatic hydroxyl groups is 1. The lowest BCUT2D eigenvalue weighted by atomic mass is 10.0. The van der Waals surface area contributed by atoms with E-state index in [1.165, 1.54) is 0 Å². The van der Waals surface area contributed by atoms with Gasteiger partial charge in [-0.15, -0.1) is 0 Å². The molecule has 10 heteroatoms. The topological polar surface area (TPSA) is 93.2 Å². The fourth-order valence-corrected chi connectivity index (χ4v) is 5.59. The van der Waals surface area contributed by atoms with Crippen molar-refractivity contribution in [2.75, 3.05) is 66.2 Å². The predicted molar refractivity (Wildman–Crippen MR) is 167 cm³/mol. The molecule has 0 aliphatic carbocycles. The summed E-state index contributed by atoms with van der Waals surface area (Å²) in [4.78, 5) is 20.1. The van der Waals surface area contributed by atoms with Crippen LogP contribution in [-0.2, 0) is 11.3 Å². The molecule has 4 rings (SSSR count). The number of hydrogen-bond donors (Lipinski definition) is 1. The summed E-state index contributed by atoms with van der Waals surface area (Å²) in [7, 11) is 7.62. The number of carbonyl (C=O) groups is 1. The first-order valence-electron chi connectivity index (χ1n) is 15.3. The van der Waals surface area contributed by atoms with Crippen LogP contribution in [0.3, 0.4) is 0 Å². The van der Waals surface area contributed by atoms with Crippen LogP contribution in [0.25, 0.3) is 0 Å². The van der Waals surface area contributed by atoms with Crippen LogP contribution < -0.4 is 23.8 Å². The molecule has 43 heavy (non-hydrogen) atoms. The minimum absolute atomic E-state index is 0.0117. The van der Waals surface area contributed by atoms with Crippen molar-refractivity contribution < 1.29 is 33.6 Å². The molecule has 2 aromatic carbocycles. The Bertz CT molecular complexity index is 1220. The van der Waals surface area contributed by atoms with Gasteiger partial charge in [0.25, 0.3) is 5.91 Å². The Labute approximate surface area is 256 Å². The maximum absolute atomic E-state index is 14.2. The highest BCUT2D eigenvalue weighted by Crippen LogP contribution is 2.38. The molecule has 2 aliphatic heterocycles. The molecule has 2 aliphatic rings. The third kappa shape index (κ3) is 8.25. The second kappa shape index (κ2) is 15.0. The van der Waals surface area contributed by atoms with Crippen LogP contribution >= 0.6 is 0 Å². The van der Waals surface area contributed by atoms with E-state index in [1.807, 2.05) is 63.2 Å². The van der Waals surface area contributed by atoms with Gasteiger partial charge in [-0.25, -0.2) is 0 Å². The second-order valence-electron chi connectivity index (χ2n) is 12.1. The minimum Gasteiger partial charge on any atom is -0.496 e. The van der Waals surface area contributed by atoms with Crippen LogP contribution in [0.4, 0.5) is 5.69 Å². The van der Waals surface area contributed by atoms with Crippen molar-refractivity contribution in [3.05, 3.63) is 41.5 Å². The predicted octanol–water partition coefficient (Wildman–Crippen LogP) is 4.42. The zero-order chi connectivity index (χ0) is 31.1. The van der Waals surface area contributed by atoms with Crippen molar-refractivity contribution in [1.29, 1.82) is 0 Å². The Morgan fingerprint density at radius 3 is 2.51 bits per heavy atom. The SMILES string of the molecule is COc1cc2c(cc1CN(C)C[C@@H]1OCCCC[C@@H](C)Oc3ccc(N(C)C)cc3C(=O)N([C@@H](C)CO)C[C@H]1C)OCO2. The molecule has 0 radical (unpaired) electrons. The number of carbonyl (C=O) groups excluding carboxylic acids is 1. The van der Waals surface area contributed by atoms with Gasteiger partial charge in [0, 0.05) is 63.6 Å². The number of nitrogens with zero attached hydrogens (tertiary/aromatic N) is 3. The zero-order valence-corrected chi connectivity index (χ0v) is 26.8. The first-order chi connectivity index (χ1) is 20.6. The number of rotatable bonds is 8. The van der Waals surface area contributed by atoms with Gasteiger partial charge >= 0.3 is 0 Å². The number of benzene rings is 2. The molecule has 238 valence electrons. The highest BCUT2D eigenvalue weighted by molar-refractivity contribution is 5.98. The maximum Gasteiger partial charge on any atom is 0.258 e. The molecule has 4 atom stereocenters. The Balaban J connectivity index is 1.59. The van der Waals surface area contributed by atoms with E-state index in [0.717, 1.165) is 42.0 Å². The number of hydrogen-bond acceptors (Lipinski definition) is 9. The third-order valence-corrected chi connectivity index (χ3v) is 8.26. The van der Waals surface area contributed by atoms with E-state index < -0.39 is 0 Å². The van der Waals surface area contributed by atoms with Crippen LogP contribution in [0.2, 0.25) is 0 Å². The second-order valence-corrected chi connectivity index (χ2v) is 12.1. The first-order valence-corrected chi connectivity index (χ1v) is 15.3. The lowest BCUT2D eigenvalue weighted by Gasteiger charge is -2.36. The van der Waals surface area contributed by atoms with E-state index in [9.17, 15) is 9.90 Å². The Morgan fingerprint density at radius 2 is 1.81 bits per heavy atom. The summed E-state index contributed by atoms with van der Waals surface area (Å²) in [6, 6.07) is 9.21. The van der Waals surface area contributed by atoms with Crippen LogP contribution in [0.1, 0.15) is 56.0 Å². The zero-order valence-electron chi connectivity index (χ0n) is 26.8. The van der Waals surface area contributed by atoms with Gasteiger partial charge in [-0.05, 0) is 64.4 Å². The number of ether oxygens (including phenoxy) is 5. The Morgan fingerprint density at radius 1 is 1.07 bits per heavy atom. The van der Waals surface area contributed by atoms with E-state index in [-0.39, 0.29) is 43.5 Å². The molecule has 0 spiro atoms. The van der Waals surface area contributed by atoms with Crippen LogP contribution in [0, 0.1) is 5.92 Å². The molecule has 2 aromatic rings. The average molecular weight is 600 g/mol. The highest BCUT2D eigenvalue weighted by atomic mass is 16.7. The molecule has 0 fully saturated rings. The van der Waals surface area contributed by atoms with Crippen LogP contribution in [0.15, 0.2) is 30.3 Å². The fraction of sp³-hybridized carbons (Fsp3) is 0.606. The lowest BCUT2D eigenvalue weighted by molar-refractivity contribution is -0.0178. The van der Waals surface area contributed by atoms with Crippen molar-refractivity contribution in [3.63, 3.8) is 0 Å². The number of anilines is 1. The molecule has 2 heterocycles. The number of fused-ring (bicyclic) bond motifs is 2. The molecule has 0 saturated carbocycles. The quantitative estimate of drug-likeness (QED) is 0.474. The van der Waals surface area contributed by atoms with Gasteiger partial charge in [0.2, 0.25) is 6.79 Å². The molecular weight excluding hydrogens is 550 g/mol. The smallest absolute Gasteiger partial charge is 0.258 e. The van der Waals surface area contributed by atoms with Crippen molar-refractivity contribution in [2.45, 2.75) is 64.8 Å². The standard InChI is InChI=1S/C33H49N3O7/c1-22-17-36(23(2)20-37)33(38)27-15-26(34(4)5)11-12-28(27)43-24(3)10-8-9-13-40-32(22)19-35(6)18-25-14-30-31(42-21-41-30)16-29(25)39-7/h11-12,14-16,22-24,32,37H,8-10,13,17-21H2,1-7H3/t22-,23+,24-,32+/m1/s1. The Hall–Kier alpha value is -3.21. The van der Waals surface area contributed by atoms with E-state index in [4.69, 9.17) is 23.7 Å². The molecule has 0 bridgehead atoms. The fourth-order valence-electron chi connectivity index (χ4n) is 5.59. The summed E-state index contributed by atoms with van der Waals surface area (Å²) >= 11 is 0. The van der Waals surface area contributed by atoms with Crippen LogP contribution in [-0.4, -0.2) is 100 Å². The summed E-state index contributed by atoms with van der Waals surface area (Å²) < 4.78 is 29.6. The molecular formula is C33H49N3O7. The lowest BCUT2D eigenvalue weighted by Crippen LogP contribution is -2.47. The number of aliphatic hydroxyl groups excluding tert-OH is 1. The Kier molecular flexibility index (Phi) is 11.4. The summed E-state index contributed by atoms with van der Waals surface area (Å²) in [6.45, 7) is 8.41. The van der Waals surface area contributed by atoms with Crippen LogP contribution in [0.5, 0.6) is 23.0 Å². The average Bonchev–Trinajstić information content (AvgIpc) is 3.44. The van der Waals surface area contributed by atoms with E-state index in [1.54, 1.807) is 12.0 Å². The normalized spacial score (nSPS) is 22.0. The van der Waals surface area contributed by atoms with Crippen molar-refractivity contribution in [1.82, 2.24) is 9.80 Å². The molecule has 0 aromatic heterocycles. The number of methoxy groups -OCH3 is 1. The van der Waals surface area contributed by atoms with Crippen molar-refractivity contribution >= 4 is 11.6 Å². The maximum atomic E-state index is 14.2. The largest absolute Gasteiger partial charge is 0.496 e. The molecule has 10 nitrogen and oxygen atoms in total. The summed E-state index contributed by atoms with van der Waals surface area (Å²) in [5.41, 5.74) is 2.42. The van der Waals surface area contributed by atoms with E-state index in [0.29, 0.717) is 43.3 Å². The van der Waals surface area contributed by atoms with Crippen molar-refractivity contribution in [2.24, 2.45) is 5.92 Å². The molecule has 0 unspecified atom stereocenters. The summed E-state index contributed by atoms with van der Waals surface area (Å²) in [6.07, 6.45) is 2.53. The molecule has 0 saturated heterocycles. The first kappa shape index (κ1) is 32.7. The van der Waals surface area contributed by atoms with Gasteiger partial charge in [-0.1, -0.05) is 6.92 Å². The van der Waals surface area contributed by atoms with E-state index >= 15 is 0 Å². The van der Waals surface area contributed by atoms with Gasteiger partial charge < -0.3 is 38.6 Å². The van der Waals surface area contributed by atoms with Gasteiger partial charge in [-0.2, -0.15) is 0 Å². The number of amides is 1. The van der Waals surface area contributed by atoms with Crippen molar-refractivity contribution in [3.8, 4) is 23.0 Å². The summed E-state index contributed by atoms with van der Waals surface area (Å²) in [5, 5.41) is 10.2. The summed E-state index contributed by atoms with van der Waals surface area (Å²) in [5.74, 6) is 2.56. The van der Waals surface area contributed by atoms with Gasteiger partial charge in [0.05, 0.1) is 37.5 Å². The van der Waals surface area contributed by atoms with E-state index in [2.05, 4.69) is 18.9 Å². The highest BCUT2D eigenvalue weighted by Gasteiger charge is 2.31. The number of likely N-dealkylation sites (N-methyl/N-ethyl adjacent to an activating group) is 1. The van der Waals surface area contributed by atoms with Gasteiger partial charge in [0.15, 0.2) is 11.5 Å². The molecule has 1 amide bonds. The molecule has 1 N–H and O–H groups in total. The minimum atomic E-state index is -0.382. The monoisotopic (exact) mass is 599 g/mol.